The molecule has 8 nitrogen and oxygen atoms in total. The van der Waals surface area contributed by atoms with Crippen LogP contribution in [0.4, 0.5) is 0 Å². The minimum absolute atomic E-state index is 0.00397. The molecule has 0 heterocycles. The van der Waals surface area contributed by atoms with E-state index >= 15 is 0 Å². The summed E-state index contributed by atoms with van der Waals surface area (Å²) in [6, 6.07) is -0.893. The fraction of sp³-hybridized carbons (Fsp3) is 0.863. The first-order valence-corrected chi connectivity index (χ1v) is 26.8. The number of carbonyl (C=O) groups is 1. The van der Waals surface area contributed by atoms with Crippen LogP contribution in [0.15, 0.2) is 36.5 Å². The monoisotopic (exact) mass is 867 g/mol. The van der Waals surface area contributed by atoms with Gasteiger partial charge in [0.2, 0.25) is 5.91 Å². The first-order valence-electron chi connectivity index (χ1n) is 25.4. The fourth-order valence-electron chi connectivity index (χ4n) is 7.31. The second-order valence-corrected chi connectivity index (χ2v) is 19.9. The van der Waals surface area contributed by atoms with Crippen molar-refractivity contribution in [2.45, 2.75) is 244 Å². The smallest absolute Gasteiger partial charge is 0.268 e. The summed E-state index contributed by atoms with van der Waals surface area (Å²) in [6.45, 7) is 4.58. The zero-order valence-electron chi connectivity index (χ0n) is 40.2. The van der Waals surface area contributed by atoms with Gasteiger partial charge in [-0.3, -0.25) is 9.36 Å². The second kappa shape index (κ2) is 43.0. The number of quaternary nitrogens is 1. The van der Waals surface area contributed by atoms with E-state index in [1.807, 2.05) is 27.2 Å². The van der Waals surface area contributed by atoms with Crippen LogP contribution in [0, 0.1) is 0 Å². The number of nitrogens with zero attached hydrogens (tertiary/aromatic N) is 1. The second-order valence-electron chi connectivity index (χ2n) is 18.5. The summed E-state index contributed by atoms with van der Waals surface area (Å²) in [5.41, 5.74) is 0. The minimum atomic E-state index is -4.59. The van der Waals surface area contributed by atoms with E-state index in [2.05, 4.69) is 43.5 Å². The van der Waals surface area contributed by atoms with E-state index in [0.29, 0.717) is 17.4 Å². The van der Waals surface area contributed by atoms with E-state index in [9.17, 15) is 19.4 Å². The molecule has 0 fully saturated rings. The Morgan fingerprint density at radius 2 is 1.00 bits per heavy atom. The maximum Gasteiger partial charge on any atom is 0.268 e. The predicted molar refractivity (Wildman–Crippen MR) is 256 cm³/mol. The molecule has 0 aromatic rings. The van der Waals surface area contributed by atoms with Crippen molar-refractivity contribution in [3.63, 3.8) is 0 Å². The molecule has 354 valence electrons. The minimum Gasteiger partial charge on any atom is -0.756 e. The van der Waals surface area contributed by atoms with Gasteiger partial charge in [-0.2, -0.15) is 0 Å². The quantitative estimate of drug-likeness (QED) is 0.0273. The highest BCUT2D eigenvalue weighted by Crippen LogP contribution is 2.38. The zero-order valence-corrected chi connectivity index (χ0v) is 41.1. The van der Waals surface area contributed by atoms with Gasteiger partial charge >= 0.3 is 0 Å². The molecule has 3 atom stereocenters. The van der Waals surface area contributed by atoms with E-state index in [1.165, 1.54) is 141 Å². The molecule has 0 aliphatic heterocycles. The number of nitrogens with one attached hydrogen (secondary N) is 1. The van der Waals surface area contributed by atoms with Gasteiger partial charge in [0.1, 0.15) is 13.2 Å². The molecule has 0 spiro atoms. The summed E-state index contributed by atoms with van der Waals surface area (Å²) in [7, 11) is 1.25. The molecule has 0 aliphatic carbocycles. The Labute approximate surface area is 372 Å². The number of phosphoric ester groups is 1. The van der Waals surface area contributed by atoms with Gasteiger partial charge in [-0.1, -0.05) is 217 Å². The number of amides is 1. The van der Waals surface area contributed by atoms with Gasteiger partial charge < -0.3 is 28.8 Å². The lowest BCUT2D eigenvalue weighted by molar-refractivity contribution is -0.870. The Morgan fingerprint density at radius 1 is 0.583 bits per heavy atom. The number of phosphoric acid groups is 1. The van der Waals surface area contributed by atoms with Gasteiger partial charge in [0.05, 0.1) is 39.9 Å². The van der Waals surface area contributed by atoms with Gasteiger partial charge in [0, 0.05) is 6.42 Å². The van der Waals surface area contributed by atoms with Crippen LogP contribution in [0.5, 0.6) is 0 Å². The molecule has 0 aliphatic rings. The number of likely N-dealkylation sites (N-methyl/N-ethyl adjacent to an activating group) is 1. The van der Waals surface area contributed by atoms with Crippen LogP contribution < -0.4 is 10.2 Å². The largest absolute Gasteiger partial charge is 0.756 e. The predicted octanol–water partition coefficient (Wildman–Crippen LogP) is 14.0. The molecule has 0 rings (SSSR count). The average Bonchev–Trinajstić information content (AvgIpc) is 3.20. The van der Waals surface area contributed by atoms with Crippen LogP contribution in [0.25, 0.3) is 0 Å². The standard InChI is InChI=1S/C51H99N2O6P/c1-6-8-10-12-14-16-18-20-21-22-23-24-25-26-27-28-29-30-31-33-34-36-38-40-42-44-50(54)49(48-59-60(56,57)58-47-46-53(3,4)5)52-51(55)45-43-41-39-37-35-32-19-17-15-13-11-9-7-2/h11,13,17,19,42,44,49-50,54H,6-10,12,14-16,18,20-41,43,45-48H2,1-5H3,(H-,52,55,56,57)/b13-11-,19-17-,44-42+. The molecule has 60 heavy (non-hydrogen) atoms. The van der Waals surface area contributed by atoms with Crippen molar-refractivity contribution >= 4 is 13.7 Å². The normalized spacial score (nSPS) is 14.4. The topological polar surface area (TPSA) is 108 Å². The van der Waals surface area contributed by atoms with E-state index in [1.54, 1.807) is 6.08 Å². The third-order valence-corrected chi connectivity index (χ3v) is 12.3. The number of aliphatic hydroxyl groups is 1. The molecule has 0 aromatic heterocycles. The highest BCUT2D eigenvalue weighted by atomic mass is 31.2. The number of hydrogen-bond acceptors (Lipinski definition) is 6. The lowest BCUT2D eigenvalue weighted by Gasteiger charge is -2.29. The van der Waals surface area contributed by atoms with E-state index in [-0.39, 0.29) is 19.1 Å². The number of carbonyl (C=O) groups excluding carboxylic acids is 1. The molecule has 0 aromatic carbocycles. The molecule has 1 amide bonds. The average molecular weight is 867 g/mol. The van der Waals surface area contributed by atoms with Gasteiger partial charge in [0.15, 0.2) is 0 Å². The Bertz CT molecular complexity index is 1070. The van der Waals surface area contributed by atoms with Crippen molar-refractivity contribution in [3.05, 3.63) is 36.5 Å². The zero-order chi connectivity index (χ0) is 44.3. The third kappa shape index (κ3) is 44.8. The highest BCUT2D eigenvalue weighted by molar-refractivity contribution is 7.45. The Hall–Kier alpha value is -1.28. The maximum atomic E-state index is 12.9. The van der Waals surface area contributed by atoms with Gasteiger partial charge in [-0.15, -0.1) is 0 Å². The van der Waals surface area contributed by atoms with Crippen LogP contribution in [0.1, 0.15) is 232 Å². The first kappa shape index (κ1) is 58.7. The number of allylic oxidation sites excluding steroid dienone is 5. The Balaban J connectivity index is 4.24. The van der Waals surface area contributed by atoms with E-state index in [0.717, 1.165) is 70.6 Å². The van der Waals surface area contributed by atoms with Crippen molar-refractivity contribution in [2.24, 2.45) is 0 Å². The fourth-order valence-corrected chi connectivity index (χ4v) is 8.03. The SMILES string of the molecule is CCC/C=C\C/C=C\CCCCCCCC(=O)NC(COP(=O)([O-])OCC[N+](C)(C)C)C(O)/C=C/CCCCCCCCCCCCCCCCCCCCCCCCC. The van der Waals surface area contributed by atoms with E-state index < -0.39 is 20.0 Å². The Kier molecular flexibility index (Phi) is 42.1. The van der Waals surface area contributed by atoms with Crippen molar-refractivity contribution in [1.82, 2.24) is 5.32 Å². The van der Waals surface area contributed by atoms with Gasteiger partial charge in [-0.25, -0.2) is 0 Å². The number of unbranched alkanes of at least 4 members (excludes halogenated alkanes) is 29. The highest BCUT2D eigenvalue weighted by Gasteiger charge is 2.23. The summed E-state index contributed by atoms with van der Waals surface area (Å²) in [5, 5.41) is 13.8. The van der Waals surface area contributed by atoms with E-state index in [4.69, 9.17) is 9.05 Å². The summed E-state index contributed by atoms with van der Waals surface area (Å²) in [6.07, 6.45) is 53.5. The number of rotatable bonds is 46. The molecule has 9 heteroatoms. The van der Waals surface area contributed by atoms with Crippen LogP contribution in [-0.2, 0) is 18.4 Å². The molecule has 0 radical (unpaired) electrons. The Morgan fingerprint density at radius 3 is 1.45 bits per heavy atom. The summed E-state index contributed by atoms with van der Waals surface area (Å²) in [4.78, 5) is 25.3. The maximum absolute atomic E-state index is 12.9. The lowest BCUT2D eigenvalue weighted by Crippen LogP contribution is -2.45. The van der Waals surface area contributed by atoms with Gasteiger partial charge in [-0.05, 0) is 44.9 Å². The molecule has 0 bridgehead atoms. The molecular weight excluding hydrogens is 768 g/mol. The number of aliphatic hydroxyl groups excluding tert-OH is 1. The molecule has 2 N–H and O–H groups in total. The third-order valence-electron chi connectivity index (χ3n) is 11.3. The van der Waals surface area contributed by atoms with Crippen LogP contribution in [0.2, 0.25) is 0 Å². The van der Waals surface area contributed by atoms with Crippen molar-refractivity contribution < 1.29 is 32.9 Å². The number of hydrogen-bond donors (Lipinski definition) is 2. The van der Waals surface area contributed by atoms with Crippen molar-refractivity contribution in [1.29, 1.82) is 0 Å². The molecule has 3 unspecified atom stereocenters. The molecule has 0 saturated carbocycles. The first-order chi connectivity index (χ1) is 29.0. The molecular formula is C51H99N2O6P. The summed E-state index contributed by atoms with van der Waals surface area (Å²) >= 11 is 0. The summed E-state index contributed by atoms with van der Waals surface area (Å²) < 4.78 is 23.2. The van der Waals surface area contributed by atoms with Crippen molar-refractivity contribution in [2.75, 3.05) is 40.9 Å². The van der Waals surface area contributed by atoms with Crippen molar-refractivity contribution in [3.8, 4) is 0 Å². The lowest BCUT2D eigenvalue weighted by atomic mass is 10.0. The van der Waals surface area contributed by atoms with Crippen LogP contribution >= 0.6 is 7.82 Å². The van der Waals surface area contributed by atoms with Gasteiger partial charge in [0.25, 0.3) is 7.82 Å². The molecule has 0 saturated heterocycles. The van der Waals surface area contributed by atoms with Crippen LogP contribution in [-0.4, -0.2) is 68.5 Å². The summed E-state index contributed by atoms with van der Waals surface area (Å²) in [5.74, 6) is -0.211. The van der Waals surface area contributed by atoms with Crippen LogP contribution in [0.3, 0.4) is 0 Å².